The molecule has 0 spiro atoms. The third-order valence-corrected chi connectivity index (χ3v) is 2.74. The molecule has 0 saturated carbocycles. The Morgan fingerprint density at radius 1 is 1.11 bits per heavy atom. The highest BCUT2D eigenvalue weighted by atomic mass is 35.5. The van der Waals surface area contributed by atoms with Gasteiger partial charge < -0.3 is 9.30 Å². The SMILES string of the molecule is Cn1cnc2c(Oc3ccc(Cl)cc3)ncnc21. The number of rotatable bonds is 2. The first-order chi connectivity index (χ1) is 8.74. The first-order valence-electron chi connectivity index (χ1n) is 5.29. The molecule has 0 aliphatic heterocycles. The van der Waals surface area contributed by atoms with E-state index in [2.05, 4.69) is 15.0 Å². The molecule has 2 aromatic heterocycles. The first-order valence-corrected chi connectivity index (χ1v) is 5.67. The maximum absolute atomic E-state index is 5.82. The summed E-state index contributed by atoms with van der Waals surface area (Å²) in [5.41, 5.74) is 1.36. The molecule has 6 heteroatoms. The van der Waals surface area contributed by atoms with E-state index >= 15 is 0 Å². The second-order valence-electron chi connectivity index (χ2n) is 3.76. The van der Waals surface area contributed by atoms with Crippen molar-refractivity contribution in [2.75, 3.05) is 0 Å². The molecule has 18 heavy (non-hydrogen) atoms. The van der Waals surface area contributed by atoms with Crippen molar-refractivity contribution in [3.05, 3.63) is 41.9 Å². The summed E-state index contributed by atoms with van der Waals surface area (Å²) in [6.45, 7) is 0. The molecular formula is C12H9ClN4O. The minimum absolute atomic E-state index is 0.433. The first kappa shape index (κ1) is 11.0. The Kier molecular flexibility index (Phi) is 2.60. The number of hydrogen-bond donors (Lipinski definition) is 0. The van der Waals surface area contributed by atoms with E-state index in [4.69, 9.17) is 16.3 Å². The largest absolute Gasteiger partial charge is 0.437 e. The number of halogens is 1. The normalized spacial score (nSPS) is 10.8. The van der Waals surface area contributed by atoms with Gasteiger partial charge in [-0.05, 0) is 24.3 Å². The summed E-state index contributed by atoms with van der Waals surface area (Å²) in [7, 11) is 1.87. The van der Waals surface area contributed by atoms with Crippen LogP contribution in [0.2, 0.25) is 5.02 Å². The van der Waals surface area contributed by atoms with Crippen molar-refractivity contribution in [3.8, 4) is 11.6 Å². The summed E-state index contributed by atoms with van der Waals surface area (Å²) in [5.74, 6) is 1.09. The molecule has 2 heterocycles. The lowest BCUT2D eigenvalue weighted by molar-refractivity contribution is 0.467. The molecule has 1 aromatic carbocycles. The van der Waals surface area contributed by atoms with Gasteiger partial charge >= 0.3 is 0 Å². The van der Waals surface area contributed by atoms with Gasteiger partial charge in [-0.3, -0.25) is 0 Å². The van der Waals surface area contributed by atoms with Gasteiger partial charge in [-0.1, -0.05) is 11.6 Å². The molecule has 0 radical (unpaired) electrons. The van der Waals surface area contributed by atoms with Crippen molar-refractivity contribution < 1.29 is 4.74 Å². The standard InChI is InChI=1S/C12H9ClN4O/c1-17-7-16-10-11(17)14-6-15-12(10)18-9-4-2-8(13)3-5-9/h2-7H,1H3. The molecule has 0 fully saturated rings. The smallest absolute Gasteiger partial charge is 0.250 e. The number of fused-ring (bicyclic) bond motifs is 1. The molecule has 0 atom stereocenters. The molecule has 0 bridgehead atoms. The van der Waals surface area contributed by atoms with Crippen LogP contribution in [0.3, 0.4) is 0 Å². The van der Waals surface area contributed by atoms with Gasteiger partial charge in [-0.15, -0.1) is 0 Å². The van der Waals surface area contributed by atoms with Crippen LogP contribution in [-0.4, -0.2) is 19.5 Å². The van der Waals surface area contributed by atoms with Gasteiger partial charge in [0, 0.05) is 12.1 Å². The average Bonchev–Trinajstić information content (AvgIpc) is 2.76. The highest BCUT2D eigenvalue weighted by Gasteiger charge is 2.10. The van der Waals surface area contributed by atoms with Crippen molar-refractivity contribution in [2.45, 2.75) is 0 Å². The van der Waals surface area contributed by atoms with Crippen molar-refractivity contribution in [1.82, 2.24) is 19.5 Å². The van der Waals surface area contributed by atoms with Crippen LogP contribution in [0.4, 0.5) is 0 Å². The second-order valence-corrected chi connectivity index (χ2v) is 4.20. The molecule has 3 rings (SSSR count). The minimum Gasteiger partial charge on any atom is -0.437 e. The zero-order valence-electron chi connectivity index (χ0n) is 9.54. The highest BCUT2D eigenvalue weighted by Crippen LogP contribution is 2.25. The predicted octanol–water partition coefficient (Wildman–Crippen LogP) is 2.81. The molecule has 0 amide bonds. The van der Waals surface area contributed by atoms with Gasteiger partial charge in [-0.2, -0.15) is 4.98 Å². The fourth-order valence-corrected chi connectivity index (χ4v) is 1.74. The molecule has 0 aliphatic rings. The van der Waals surface area contributed by atoms with Crippen molar-refractivity contribution in [3.63, 3.8) is 0 Å². The Bertz CT molecular complexity index is 693. The Labute approximate surface area is 108 Å². The average molecular weight is 261 g/mol. The van der Waals surface area contributed by atoms with Crippen LogP contribution in [0.5, 0.6) is 11.6 Å². The van der Waals surface area contributed by atoms with Gasteiger partial charge in [0.15, 0.2) is 11.2 Å². The Morgan fingerprint density at radius 2 is 1.89 bits per heavy atom. The minimum atomic E-state index is 0.433. The van der Waals surface area contributed by atoms with Gasteiger partial charge in [0.25, 0.3) is 5.88 Å². The highest BCUT2D eigenvalue weighted by molar-refractivity contribution is 6.30. The number of hydrogen-bond acceptors (Lipinski definition) is 4. The Balaban J connectivity index is 2.02. The molecule has 0 unspecified atom stereocenters. The van der Waals surface area contributed by atoms with E-state index in [1.54, 1.807) is 30.6 Å². The lowest BCUT2D eigenvalue weighted by atomic mass is 10.3. The molecule has 0 N–H and O–H groups in total. The van der Waals surface area contributed by atoms with E-state index < -0.39 is 0 Å². The van der Waals surface area contributed by atoms with E-state index in [0.717, 1.165) is 5.65 Å². The number of aromatic nitrogens is 4. The van der Waals surface area contributed by atoms with E-state index in [0.29, 0.717) is 22.2 Å². The number of aryl methyl sites for hydroxylation is 1. The zero-order chi connectivity index (χ0) is 12.5. The fraction of sp³-hybridized carbons (Fsp3) is 0.0833. The molecule has 0 saturated heterocycles. The molecule has 0 aliphatic carbocycles. The van der Waals surface area contributed by atoms with Crippen LogP contribution >= 0.6 is 11.6 Å². The van der Waals surface area contributed by atoms with Crippen LogP contribution in [0.15, 0.2) is 36.9 Å². The maximum atomic E-state index is 5.82. The van der Waals surface area contributed by atoms with Gasteiger partial charge in [0.1, 0.15) is 12.1 Å². The predicted molar refractivity (Wildman–Crippen MR) is 67.8 cm³/mol. The van der Waals surface area contributed by atoms with E-state index in [9.17, 15) is 0 Å². The quantitative estimate of drug-likeness (QED) is 0.711. The Hall–Kier alpha value is -2.14. The fourth-order valence-electron chi connectivity index (χ4n) is 1.61. The monoisotopic (exact) mass is 260 g/mol. The van der Waals surface area contributed by atoms with E-state index in [1.807, 2.05) is 11.6 Å². The molecule has 5 nitrogen and oxygen atoms in total. The Morgan fingerprint density at radius 3 is 2.67 bits per heavy atom. The molecule has 3 aromatic rings. The molecular weight excluding hydrogens is 252 g/mol. The summed E-state index contributed by atoms with van der Waals surface area (Å²) < 4.78 is 7.49. The lowest BCUT2D eigenvalue weighted by Crippen LogP contribution is -1.93. The van der Waals surface area contributed by atoms with E-state index in [1.165, 1.54) is 6.33 Å². The van der Waals surface area contributed by atoms with E-state index in [-0.39, 0.29) is 0 Å². The number of imidazole rings is 1. The summed E-state index contributed by atoms with van der Waals surface area (Å²) in [6, 6.07) is 7.07. The van der Waals surface area contributed by atoms with Gasteiger partial charge in [0.2, 0.25) is 0 Å². The van der Waals surface area contributed by atoms with Crippen LogP contribution in [-0.2, 0) is 7.05 Å². The number of nitrogens with zero attached hydrogens (tertiary/aromatic N) is 4. The summed E-state index contributed by atoms with van der Waals surface area (Å²) >= 11 is 5.82. The van der Waals surface area contributed by atoms with Crippen molar-refractivity contribution in [2.24, 2.45) is 7.05 Å². The second kappa shape index (κ2) is 4.27. The van der Waals surface area contributed by atoms with Gasteiger partial charge in [-0.25, -0.2) is 9.97 Å². The summed E-state index contributed by atoms with van der Waals surface area (Å²) in [5, 5.41) is 0.660. The topological polar surface area (TPSA) is 52.8 Å². The third kappa shape index (κ3) is 1.89. The van der Waals surface area contributed by atoms with Crippen LogP contribution in [0, 0.1) is 0 Å². The van der Waals surface area contributed by atoms with Gasteiger partial charge in [0.05, 0.1) is 6.33 Å². The number of benzene rings is 1. The van der Waals surface area contributed by atoms with Crippen molar-refractivity contribution in [1.29, 1.82) is 0 Å². The summed E-state index contributed by atoms with van der Waals surface area (Å²) in [6.07, 6.45) is 3.13. The number of ether oxygens (including phenoxy) is 1. The summed E-state index contributed by atoms with van der Waals surface area (Å²) in [4.78, 5) is 12.5. The molecule has 90 valence electrons. The van der Waals surface area contributed by atoms with Crippen LogP contribution in [0.1, 0.15) is 0 Å². The zero-order valence-corrected chi connectivity index (χ0v) is 10.3. The maximum Gasteiger partial charge on any atom is 0.250 e. The van der Waals surface area contributed by atoms with Crippen molar-refractivity contribution >= 4 is 22.8 Å². The third-order valence-electron chi connectivity index (χ3n) is 2.49. The van der Waals surface area contributed by atoms with Crippen LogP contribution in [0.25, 0.3) is 11.2 Å². The van der Waals surface area contributed by atoms with Crippen LogP contribution < -0.4 is 4.74 Å². The lowest BCUT2D eigenvalue weighted by Gasteiger charge is -2.04.